The highest BCUT2D eigenvalue weighted by Gasteiger charge is 2.31. The molecular weight excluding hydrogens is 342 g/mol. The lowest BCUT2D eigenvalue weighted by molar-refractivity contribution is 0.0518. The first-order chi connectivity index (χ1) is 10.7. The van der Waals surface area contributed by atoms with E-state index in [1.54, 1.807) is 0 Å². The molecule has 2 aliphatic rings. The third-order valence-corrected chi connectivity index (χ3v) is 5.22. The number of nitrogens with zero attached hydrogens (tertiary/aromatic N) is 3. The van der Waals surface area contributed by atoms with Crippen LogP contribution in [0.2, 0.25) is 0 Å². The SMILES string of the molecule is CCN(C1=C(C)C(C#N)Cc2cc(Br)cn21)C1CCOCC1. The van der Waals surface area contributed by atoms with Crippen molar-refractivity contribution >= 4 is 21.8 Å². The Kier molecular flexibility index (Phi) is 4.60. The predicted molar refractivity (Wildman–Crippen MR) is 90.1 cm³/mol. The van der Waals surface area contributed by atoms with Crippen molar-refractivity contribution < 1.29 is 4.74 Å². The van der Waals surface area contributed by atoms with Gasteiger partial charge in [0.05, 0.1) is 12.0 Å². The number of nitriles is 1. The molecule has 0 saturated carbocycles. The van der Waals surface area contributed by atoms with E-state index in [9.17, 15) is 5.26 Å². The number of rotatable bonds is 3. The highest BCUT2D eigenvalue weighted by Crippen LogP contribution is 2.36. The second-order valence-corrected chi connectivity index (χ2v) is 6.96. The fourth-order valence-corrected chi connectivity index (χ4v) is 4.09. The molecule has 4 nitrogen and oxygen atoms in total. The average molecular weight is 364 g/mol. The number of allylic oxidation sites excluding steroid dienone is 1. The fraction of sp³-hybridized carbons (Fsp3) is 0.588. The maximum Gasteiger partial charge on any atom is 0.113 e. The van der Waals surface area contributed by atoms with Crippen LogP contribution in [0.4, 0.5) is 0 Å². The Balaban J connectivity index is 2.04. The quantitative estimate of drug-likeness (QED) is 0.822. The van der Waals surface area contributed by atoms with Gasteiger partial charge in [0.15, 0.2) is 0 Å². The van der Waals surface area contributed by atoms with Crippen molar-refractivity contribution in [1.29, 1.82) is 5.26 Å². The second-order valence-electron chi connectivity index (χ2n) is 6.04. The lowest BCUT2D eigenvalue weighted by Crippen LogP contribution is -2.41. The summed E-state index contributed by atoms with van der Waals surface area (Å²) in [7, 11) is 0. The number of halogens is 1. The average Bonchev–Trinajstić information content (AvgIpc) is 2.90. The van der Waals surface area contributed by atoms with Gasteiger partial charge in [-0.15, -0.1) is 0 Å². The molecular formula is C17H22BrN3O. The Morgan fingerprint density at radius 3 is 2.82 bits per heavy atom. The van der Waals surface area contributed by atoms with Crippen LogP contribution in [0.5, 0.6) is 0 Å². The third-order valence-electron chi connectivity index (χ3n) is 4.78. The monoisotopic (exact) mass is 363 g/mol. The standard InChI is InChI=1S/C17H22BrN3O/c1-3-20(15-4-6-22-7-5-15)17-12(2)13(10-19)8-16-9-14(18)11-21(16)17/h9,11,13,15H,3-8H2,1-2H3. The molecule has 1 saturated heterocycles. The Morgan fingerprint density at radius 2 is 2.18 bits per heavy atom. The largest absolute Gasteiger partial charge is 0.381 e. The van der Waals surface area contributed by atoms with Crippen molar-refractivity contribution in [2.45, 2.75) is 39.2 Å². The van der Waals surface area contributed by atoms with E-state index in [0.717, 1.165) is 43.5 Å². The summed E-state index contributed by atoms with van der Waals surface area (Å²) in [6, 6.07) is 5.11. The summed E-state index contributed by atoms with van der Waals surface area (Å²) in [5, 5.41) is 9.53. The zero-order valence-corrected chi connectivity index (χ0v) is 14.8. The Morgan fingerprint density at radius 1 is 1.45 bits per heavy atom. The van der Waals surface area contributed by atoms with Gasteiger partial charge in [-0.25, -0.2) is 0 Å². The number of hydrogen-bond donors (Lipinski definition) is 0. The van der Waals surface area contributed by atoms with Crippen LogP contribution < -0.4 is 0 Å². The van der Waals surface area contributed by atoms with Crippen LogP contribution in [0, 0.1) is 17.2 Å². The van der Waals surface area contributed by atoms with Gasteiger partial charge in [0.25, 0.3) is 0 Å². The first kappa shape index (κ1) is 15.6. The zero-order valence-electron chi connectivity index (χ0n) is 13.2. The maximum atomic E-state index is 9.53. The van der Waals surface area contributed by atoms with E-state index in [2.05, 4.69) is 57.6 Å². The molecule has 0 bridgehead atoms. The van der Waals surface area contributed by atoms with Gasteiger partial charge in [0.2, 0.25) is 0 Å². The Hall–Kier alpha value is -1.25. The van der Waals surface area contributed by atoms with Crippen LogP contribution in [0.25, 0.3) is 5.82 Å². The molecule has 118 valence electrons. The fourth-order valence-electron chi connectivity index (χ4n) is 3.62. The molecule has 1 aromatic heterocycles. The molecule has 1 unspecified atom stereocenters. The van der Waals surface area contributed by atoms with E-state index in [-0.39, 0.29) is 5.92 Å². The molecule has 0 amide bonds. The minimum Gasteiger partial charge on any atom is -0.381 e. The van der Waals surface area contributed by atoms with E-state index in [1.165, 1.54) is 17.1 Å². The molecule has 0 radical (unpaired) electrons. The number of ether oxygens (including phenoxy) is 1. The molecule has 5 heteroatoms. The molecule has 22 heavy (non-hydrogen) atoms. The lowest BCUT2D eigenvalue weighted by atomic mass is 9.92. The molecule has 0 aliphatic carbocycles. The van der Waals surface area contributed by atoms with Gasteiger partial charge in [0, 0.05) is 48.6 Å². The predicted octanol–water partition coefficient (Wildman–Crippen LogP) is 3.64. The zero-order chi connectivity index (χ0) is 15.7. The molecule has 1 aromatic rings. The van der Waals surface area contributed by atoms with Crippen LogP contribution in [-0.2, 0) is 11.2 Å². The third kappa shape index (κ3) is 2.70. The first-order valence-electron chi connectivity index (χ1n) is 7.97. The van der Waals surface area contributed by atoms with Crippen LogP contribution in [0.1, 0.15) is 32.4 Å². The summed E-state index contributed by atoms with van der Waals surface area (Å²) < 4.78 is 8.86. The van der Waals surface area contributed by atoms with E-state index in [4.69, 9.17) is 4.74 Å². The van der Waals surface area contributed by atoms with Gasteiger partial charge >= 0.3 is 0 Å². The van der Waals surface area contributed by atoms with Crippen LogP contribution in [-0.4, -0.2) is 35.3 Å². The number of hydrogen-bond acceptors (Lipinski definition) is 3. The van der Waals surface area contributed by atoms with E-state index in [1.807, 2.05) is 0 Å². The highest BCUT2D eigenvalue weighted by molar-refractivity contribution is 9.10. The minimum atomic E-state index is -0.0295. The van der Waals surface area contributed by atoms with E-state index in [0.29, 0.717) is 6.04 Å². The maximum absolute atomic E-state index is 9.53. The van der Waals surface area contributed by atoms with Crippen LogP contribution >= 0.6 is 15.9 Å². The number of fused-ring (bicyclic) bond motifs is 1. The van der Waals surface area contributed by atoms with Gasteiger partial charge in [0.1, 0.15) is 5.82 Å². The van der Waals surface area contributed by atoms with Gasteiger partial charge in [-0.05, 0) is 54.3 Å². The molecule has 3 heterocycles. The molecule has 0 N–H and O–H groups in total. The summed E-state index contributed by atoms with van der Waals surface area (Å²) in [6.45, 7) is 6.92. The summed E-state index contributed by atoms with van der Waals surface area (Å²) in [4.78, 5) is 2.47. The molecule has 1 atom stereocenters. The molecule has 2 aliphatic heterocycles. The van der Waals surface area contributed by atoms with E-state index >= 15 is 0 Å². The molecule has 3 rings (SSSR count). The van der Waals surface area contributed by atoms with Gasteiger partial charge in [-0.2, -0.15) is 5.26 Å². The normalized spacial score (nSPS) is 22.4. The number of aromatic nitrogens is 1. The van der Waals surface area contributed by atoms with Crippen LogP contribution in [0.3, 0.4) is 0 Å². The highest BCUT2D eigenvalue weighted by atomic mass is 79.9. The van der Waals surface area contributed by atoms with Gasteiger partial charge < -0.3 is 14.2 Å². The Labute approximate surface area is 140 Å². The smallest absolute Gasteiger partial charge is 0.113 e. The minimum absolute atomic E-state index is 0.0295. The second kappa shape index (κ2) is 6.47. The Bertz CT molecular complexity index is 622. The summed E-state index contributed by atoms with van der Waals surface area (Å²) in [6.07, 6.45) is 5.03. The van der Waals surface area contributed by atoms with Gasteiger partial charge in [-0.1, -0.05) is 0 Å². The van der Waals surface area contributed by atoms with Crippen molar-refractivity contribution in [3.05, 3.63) is 28.0 Å². The van der Waals surface area contributed by atoms with Crippen LogP contribution in [0.15, 0.2) is 22.3 Å². The summed E-state index contributed by atoms with van der Waals surface area (Å²) in [5.41, 5.74) is 2.40. The summed E-state index contributed by atoms with van der Waals surface area (Å²) >= 11 is 3.58. The van der Waals surface area contributed by atoms with Crippen molar-refractivity contribution in [1.82, 2.24) is 9.47 Å². The van der Waals surface area contributed by atoms with Crippen molar-refractivity contribution in [3.63, 3.8) is 0 Å². The van der Waals surface area contributed by atoms with Crippen molar-refractivity contribution in [3.8, 4) is 6.07 Å². The topological polar surface area (TPSA) is 41.2 Å². The van der Waals surface area contributed by atoms with E-state index < -0.39 is 0 Å². The molecule has 1 fully saturated rings. The van der Waals surface area contributed by atoms with Crippen molar-refractivity contribution in [2.75, 3.05) is 19.8 Å². The van der Waals surface area contributed by atoms with Crippen molar-refractivity contribution in [2.24, 2.45) is 5.92 Å². The first-order valence-corrected chi connectivity index (χ1v) is 8.77. The van der Waals surface area contributed by atoms with Gasteiger partial charge in [-0.3, -0.25) is 0 Å². The lowest BCUT2D eigenvalue weighted by Gasteiger charge is -2.40. The molecule has 0 aromatic carbocycles. The molecule has 0 spiro atoms. The summed E-state index contributed by atoms with van der Waals surface area (Å²) in [5.74, 6) is 1.17.